The molecule has 0 radical (unpaired) electrons. The molecule has 1 saturated heterocycles. The Morgan fingerprint density at radius 2 is 2.23 bits per heavy atom. The van der Waals surface area contributed by atoms with Crippen LogP contribution in [0.2, 0.25) is 0 Å². The Bertz CT molecular complexity index is 755. The molecule has 1 amide bonds. The SMILES string of the molecule is CC1CCCN(C(=O)c2n[nH]c3ccccc3c2=O)C1CN. The fraction of sp³-hybridized carbons (Fsp3) is 0.438. The molecule has 2 heterocycles. The Balaban J connectivity index is 2.01. The zero-order chi connectivity index (χ0) is 15.7. The standard InChI is InChI=1S/C16H20N4O2/c1-10-5-4-8-20(13(10)9-17)16(22)14-15(21)11-6-2-3-7-12(11)18-19-14/h2-3,6-7,10,13H,4-5,8-9,17H2,1H3,(H,18,21). The Morgan fingerprint density at radius 1 is 1.45 bits per heavy atom. The summed E-state index contributed by atoms with van der Waals surface area (Å²) < 4.78 is 0. The number of piperidine rings is 1. The van der Waals surface area contributed by atoms with Crippen molar-refractivity contribution in [3.05, 3.63) is 40.2 Å². The molecule has 2 aromatic rings. The second kappa shape index (κ2) is 5.88. The van der Waals surface area contributed by atoms with E-state index in [9.17, 15) is 9.59 Å². The van der Waals surface area contributed by atoms with Crippen molar-refractivity contribution in [1.82, 2.24) is 15.1 Å². The smallest absolute Gasteiger partial charge is 0.278 e. The van der Waals surface area contributed by atoms with Crippen molar-refractivity contribution in [2.24, 2.45) is 11.7 Å². The molecule has 6 heteroatoms. The zero-order valence-corrected chi connectivity index (χ0v) is 12.6. The van der Waals surface area contributed by atoms with Crippen LogP contribution in [0.4, 0.5) is 0 Å². The number of para-hydroxylation sites is 1. The Labute approximate surface area is 128 Å². The average Bonchev–Trinajstić information content (AvgIpc) is 2.54. The van der Waals surface area contributed by atoms with Crippen molar-refractivity contribution in [2.45, 2.75) is 25.8 Å². The first-order valence-electron chi connectivity index (χ1n) is 7.62. The summed E-state index contributed by atoms with van der Waals surface area (Å²) in [6.45, 7) is 3.12. The fourth-order valence-corrected chi connectivity index (χ4v) is 3.21. The van der Waals surface area contributed by atoms with E-state index in [1.54, 1.807) is 23.1 Å². The van der Waals surface area contributed by atoms with Crippen LogP contribution < -0.4 is 11.2 Å². The van der Waals surface area contributed by atoms with Crippen molar-refractivity contribution < 1.29 is 4.79 Å². The number of H-pyrrole nitrogens is 1. The number of amides is 1. The normalized spacial score (nSPS) is 22.0. The van der Waals surface area contributed by atoms with E-state index in [4.69, 9.17) is 5.73 Å². The predicted molar refractivity (Wildman–Crippen MR) is 84.6 cm³/mol. The fourth-order valence-electron chi connectivity index (χ4n) is 3.21. The van der Waals surface area contributed by atoms with E-state index in [2.05, 4.69) is 17.1 Å². The second-order valence-electron chi connectivity index (χ2n) is 5.87. The number of nitrogens with two attached hydrogens (primary N) is 1. The molecule has 0 bridgehead atoms. The molecule has 6 nitrogen and oxygen atoms in total. The van der Waals surface area contributed by atoms with Gasteiger partial charge in [-0.2, -0.15) is 5.10 Å². The highest BCUT2D eigenvalue weighted by Crippen LogP contribution is 2.23. The van der Waals surface area contributed by atoms with Crippen molar-refractivity contribution >= 4 is 16.8 Å². The van der Waals surface area contributed by atoms with Crippen LogP contribution in [0, 0.1) is 5.92 Å². The average molecular weight is 300 g/mol. The number of carbonyl (C=O) groups is 1. The molecule has 2 atom stereocenters. The van der Waals surface area contributed by atoms with E-state index in [-0.39, 0.29) is 23.1 Å². The van der Waals surface area contributed by atoms with Crippen LogP contribution in [-0.2, 0) is 0 Å². The summed E-state index contributed by atoms with van der Waals surface area (Å²) in [5.74, 6) is 0.0104. The van der Waals surface area contributed by atoms with E-state index >= 15 is 0 Å². The van der Waals surface area contributed by atoms with E-state index in [0.29, 0.717) is 29.9 Å². The third-order valence-electron chi connectivity index (χ3n) is 4.50. The lowest BCUT2D eigenvalue weighted by atomic mass is 9.90. The second-order valence-corrected chi connectivity index (χ2v) is 5.87. The molecular weight excluding hydrogens is 280 g/mol. The highest BCUT2D eigenvalue weighted by atomic mass is 16.2. The predicted octanol–water partition coefficient (Wildman–Crippen LogP) is 1.12. The van der Waals surface area contributed by atoms with Gasteiger partial charge in [0.25, 0.3) is 5.91 Å². The van der Waals surface area contributed by atoms with Crippen LogP contribution in [0.1, 0.15) is 30.3 Å². The summed E-state index contributed by atoms with van der Waals surface area (Å²) in [7, 11) is 0. The molecule has 116 valence electrons. The van der Waals surface area contributed by atoms with Gasteiger partial charge in [0.2, 0.25) is 5.43 Å². The van der Waals surface area contributed by atoms with Gasteiger partial charge in [0.1, 0.15) is 0 Å². The summed E-state index contributed by atoms with van der Waals surface area (Å²) in [4.78, 5) is 27.0. The Hall–Kier alpha value is -2.21. The van der Waals surface area contributed by atoms with Crippen LogP contribution in [0.3, 0.4) is 0 Å². The third-order valence-corrected chi connectivity index (χ3v) is 4.50. The maximum atomic E-state index is 12.8. The van der Waals surface area contributed by atoms with E-state index < -0.39 is 0 Å². The molecule has 2 unspecified atom stereocenters. The number of rotatable bonds is 2. The van der Waals surface area contributed by atoms with Gasteiger partial charge in [-0.1, -0.05) is 19.1 Å². The lowest BCUT2D eigenvalue weighted by Crippen LogP contribution is -2.52. The molecule has 1 aromatic carbocycles. The number of likely N-dealkylation sites (tertiary alicyclic amines) is 1. The van der Waals surface area contributed by atoms with Gasteiger partial charge < -0.3 is 10.6 Å². The first-order valence-corrected chi connectivity index (χ1v) is 7.62. The monoisotopic (exact) mass is 300 g/mol. The zero-order valence-electron chi connectivity index (χ0n) is 12.6. The minimum Gasteiger partial charge on any atom is -0.333 e. The van der Waals surface area contributed by atoms with Gasteiger partial charge in [0, 0.05) is 24.5 Å². The van der Waals surface area contributed by atoms with Gasteiger partial charge in [-0.3, -0.25) is 14.7 Å². The minimum atomic E-state index is -0.326. The molecule has 3 N–H and O–H groups in total. The number of hydrogen-bond donors (Lipinski definition) is 2. The van der Waals surface area contributed by atoms with Crippen LogP contribution in [0.15, 0.2) is 29.1 Å². The highest BCUT2D eigenvalue weighted by molar-refractivity contribution is 5.95. The Morgan fingerprint density at radius 3 is 3.00 bits per heavy atom. The molecule has 1 aliphatic rings. The lowest BCUT2D eigenvalue weighted by molar-refractivity contribution is 0.0524. The number of nitrogens with zero attached hydrogens (tertiary/aromatic N) is 2. The molecule has 22 heavy (non-hydrogen) atoms. The molecule has 1 aromatic heterocycles. The van der Waals surface area contributed by atoms with Crippen LogP contribution in [-0.4, -0.2) is 40.1 Å². The van der Waals surface area contributed by atoms with Crippen LogP contribution >= 0.6 is 0 Å². The number of aromatic amines is 1. The number of benzene rings is 1. The van der Waals surface area contributed by atoms with E-state index in [1.807, 2.05) is 6.07 Å². The largest absolute Gasteiger partial charge is 0.333 e. The van der Waals surface area contributed by atoms with Gasteiger partial charge in [-0.25, -0.2) is 0 Å². The minimum absolute atomic E-state index is 0.0334. The summed E-state index contributed by atoms with van der Waals surface area (Å²) in [6.07, 6.45) is 1.97. The van der Waals surface area contributed by atoms with E-state index in [1.165, 1.54) is 0 Å². The van der Waals surface area contributed by atoms with Gasteiger partial charge in [-0.05, 0) is 30.9 Å². The van der Waals surface area contributed by atoms with Gasteiger partial charge in [0.05, 0.1) is 5.52 Å². The third kappa shape index (κ3) is 2.39. The summed E-state index contributed by atoms with van der Waals surface area (Å²) in [6, 6.07) is 7.03. The van der Waals surface area contributed by atoms with Gasteiger partial charge >= 0.3 is 0 Å². The van der Waals surface area contributed by atoms with Crippen molar-refractivity contribution in [3.8, 4) is 0 Å². The molecule has 0 spiro atoms. The quantitative estimate of drug-likeness (QED) is 0.869. The van der Waals surface area contributed by atoms with Gasteiger partial charge in [0.15, 0.2) is 5.69 Å². The number of hydrogen-bond acceptors (Lipinski definition) is 4. The summed E-state index contributed by atoms with van der Waals surface area (Å²) in [5.41, 5.74) is 6.08. The first kappa shape index (κ1) is 14.7. The maximum absolute atomic E-state index is 12.8. The maximum Gasteiger partial charge on any atom is 0.278 e. The summed E-state index contributed by atoms with van der Waals surface area (Å²) in [5, 5.41) is 7.28. The first-order chi connectivity index (χ1) is 10.6. The Kier molecular flexibility index (Phi) is 3.94. The van der Waals surface area contributed by atoms with Crippen LogP contribution in [0.5, 0.6) is 0 Å². The number of carbonyl (C=O) groups excluding carboxylic acids is 1. The number of nitrogens with one attached hydrogen (secondary N) is 1. The number of aromatic nitrogens is 2. The topological polar surface area (TPSA) is 92.1 Å². The lowest BCUT2D eigenvalue weighted by Gasteiger charge is -2.39. The molecule has 1 aliphatic heterocycles. The molecule has 1 fully saturated rings. The molecule has 3 rings (SSSR count). The molecular formula is C16H20N4O2. The molecule has 0 aliphatic carbocycles. The van der Waals surface area contributed by atoms with Crippen molar-refractivity contribution in [1.29, 1.82) is 0 Å². The van der Waals surface area contributed by atoms with Gasteiger partial charge in [-0.15, -0.1) is 0 Å². The summed E-state index contributed by atoms with van der Waals surface area (Å²) >= 11 is 0. The van der Waals surface area contributed by atoms with Crippen molar-refractivity contribution in [3.63, 3.8) is 0 Å². The molecule has 0 saturated carbocycles. The van der Waals surface area contributed by atoms with Crippen LogP contribution in [0.25, 0.3) is 10.9 Å². The van der Waals surface area contributed by atoms with E-state index in [0.717, 1.165) is 12.8 Å². The highest BCUT2D eigenvalue weighted by Gasteiger charge is 2.33. The van der Waals surface area contributed by atoms with Crippen molar-refractivity contribution in [2.75, 3.05) is 13.1 Å². The number of fused-ring (bicyclic) bond motifs is 1.